The van der Waals surface area contributed by atoms with Gasteiger partial charge in [-0.05, 0) is 53.4 Å². The van der Waals surface area contributed by atoms with Gasteiger partial charge in [0.1, 0.15) is 11.5 Å². The Labute approximate surface area is 166 Å². The van der Waals surface area contributed by atoms with Crippen LogP contribution in [0.15, 0.2) is 36.4 Å². The fraction of sp³-hybridized carbons (Fsp3) is 0.478. The van der Waals surface area contributed by atoms with Crippen LogP contribution in [0.2, 0.25) is 0 Å². The quantitative estimate of drug-likeness (QED) is 0.843. The number of hydrogen-bond donors (Lipinski definition) is 1. The Morgan fingerprint density at radius 2 is 1.64 bits per heavy atom. The molecule has 2 N–H and O–H groups in total. The van der Waals surface area contributed by atoms with E-state index in [0.29, 0.717) is 25.7 Å². The second-order valence-electron chi connectivity index (χ2n) is 7.74. The molecular formula is C23H29NO4. The third-order valence-corrected chi connectivity index (χ3v) is 6.05. The van der Waals surface area contributed by atoms with Crippen LogP contribution in [-0.4, -0.2) is 25.9 Å². The first-order chi connectivity index (χ1) is 13.6. The first-order valence-corrected chi connectivity index (χ1v) is 9.98. The van der Waals surface area contributed by atoms with Crippen LogP contribution < -0.4 is 15.2 Å². The monoisotopic (exact) mass is 383 g/mol. The summed E-state index contributed by atoms with van der Waals surface area (Å²) in [7, 11) is 1.67. The molecule has 2 aliphatic rings. The molecule has 4 unspecified atom stereocenters. The molecule has 4 atom stereocenters. The van der Waals surface area contributed by atoms with Gasteiger partial charge in [0.05, 0.1) is 45.2 Å². The molecule has 0 saturated carbocycles. The molecule has 0 fully saturated rings. The average Bonchev–Trinajstić information content (AvgIpc) is 2.72. The van der Waals surface area contributed by atoms with E-state index in [0.717, 1.165) is 29.0 Å². The van der Waals surface area contributed by atoms with Crippen molar-refractivity contribution >= 4 is 0 Å². The smallest absolute Gasteiger partial charge is 0.119 e. The third kappa shape index (κ3) is 3.75. The largest absolute Gasteiger partial charge is 0.497 e. The summed E-state index contributed by atoms with van der Waals surface area (Å²) in [5.41, 5.74) is 11.3. The Balaban J connectivity index is 1.38. The van der Waals surface area contributed by atoms with E-state index in [4.69, 9.17) is 24.7 Å². The molecule has 4 rings (SSSR count). The molecule has 2 aliphatic heterocycles. The zero-order valence-electron chi connectivity index (χ0n) is 16.8. The van der Waals surface area contributed by atoms with Crippen molar-refractivity contribution in [1.82, 2.24) is 0 Å². The normalized spacial score (nSPS) is 26.3. The second kappa shape index (κ2) is 8.11. The summed E-state index contributed by atoms with van der Waals surface area (Å²) >= 11 is 0. The zero-order chi connectivity index (χ0) is 19.7. The molecule has 0 saturated heterocycles. The number of ether oxygens (including phenoxy) is 4. The van der Waals surface area contributed by atoms with Gasteiger partial charge in [-0.25, -0.2) is 0 Å². The number of fused-ring (bicyclic) bond motifs is 2. The highest BCUT2D eigenvalue weighted by atomic mass is 16.5. The molecule has 0 bridgehead atoms. The molecule has 5 heteroatoms. The minimum absolute atomic E-state index is 0.0652. The number of methoxy groups -OCH3 is 1. The molecule has 28 heavy (non-hydrogen) atoms. The van der Waals surface area contributed by atoms with Crippen molar-refractivity contribution in [2.45, 2.75) is 57.6 Å². The van der Waals surface area contributed by atoms with E-state index >= 15 is 0 Å². The van der Waals surface area contributed by atoms with E-state index in [2.05, 4.69) is 26.0 Å². The maximum absolute atomic E-state index is 6.47. The lowest BCUT2D eigenvalue weighted by Gasteiger charge is -2.32. The summed E-state index contributed by atoms with van der Waals surface area (Å²) in [6.45, 7) is 6.14. The molecule has 2 heterocycles. The Hall–Kier alpha value is -2.08. The topological polar surface area (TPSA) is 62.9 Å². The number of hydrogen-bond acceptors (Lipinski definition) is 5. The average molecular weight is 383 g/mol. The molecule has 0 aliphatic carbocycles. The lowest BCUT2D eigenvalue weighted by Crippen LogP contribution is -2.34. The van der Waals surface area contributed by atoms with Gasteiger partial charge in [-0.1, -0.05) is 19.1 Å². The van der Waals surface area contributed by atoms with Gasteiger partial charge in [-0.15, -0.1) is 0 Å². The third-order valence-electron chi connectivity index (χ3n) is 6.05. The summed E-state index contributed by atoms with van der Waals surface area (Å²) in [4.78, 5) is 0. The Bertz CT molecular complexity index is 837. The van der Waals surface area contributed by atoms with Crippen LogP contribution in [-0.2, 0) is 22.7 Å². The van der Waals surface area contributed by atoms with Gasteiger partial charge >= 0.3 is 0 Å². The maximum atomic E-state index is 6.47. The molecule has 0 amide bonds. The fourth-order valence-electron chi connectivity index (χ4n) is 4.03. The summed E-state index contributed by atoms with van der Waals surface area (Å²) < 4.78 is 23.2. The number of nitrogens with two attached hydrogens (primary N) is 1. The molecular weight excluding hydrogens is 354 g/mol. The van der Waals surface area contributed by atoms with E-state index in [1.54, 1.807) is 7.11 Å². The minimum atomic E-state index is -0.177. The van der Waals surface area contributed by atoms with Gasteiger partial charge in [0, 0.05) is 12.3 Å². The molecule has 5 nitrogen and oxygen atoms in total. The zero-order valence-corrected chi connectivity index (χ0v) is 16.8. The van der Waals surface area contributed by atoms with Crippen molar-refractivity contribution < 1.29 is 18.9 Å². The Kier molecular flexibility index (Phi) is 5.58. The SMILES string of the molecule is COc1ccc2c(c1)C(N)C(CCOc1ccc3c(c1)C(C)C(C)OC3)OC2. The molecule has 150 valence electrons. The van der Waals surface area contributed by atoms with Gasteiger partial charge in [0.25, 0.3) is 0 Å². The predicted octanol–water partition coefficient (Wildman–Crippen LogP) is 4.09. The van der Waals surface area contributed by atoms with Crippen molar-refractivity contribution in [1.29, 1.82) is 0 Å². The van der Waals surface area contributed by atoms with Crippen LogP contribution >= 0.6 is 0 Å². The first-order valence-electron chi connectivity index (χ1n) is 9.98. The van der Waals surface area contributed by atoms with E-state index in [1.165, 1.54) is 11.1 Å². The van der Waals surface area contributed by atoms with Crippen LogP contribution in [0.5, 0.6) is 11.5 Å². The summed E-state index contributed by atoms with van der Waals surface area (Å²) in [5.74, 6) is 2.09. The molecule has 0 spiro atoms. The van der Waals surface area contributed by atoms with Gasteiger partial charge in [0.15, 0.2) is 0 Å². The minimum Gasteiger partial charge on any atom is -0.497 e. The molecule has 0 aromatic heterocycles. The van der Waals surface area contributed by atoms with E-state index in [-0.39, 0.29) is 18.2 Å². The second-order valence-corrected chi connectivity index (χ2v) is 7.74. The molecule has 2 aromatic rings. The Morgan fingerprint density at radius 1 is 0.964 bits per heavy atom. The fourth-order valence-corrected chi connectivity index (χ4v) is 4.03. The van der Waals surface area contributed by atoms with Crippen LogP contribution in [0.25, 0.3) is 0 Å². The molecule has 0 radical (unpaired) electrons. The highest BCUT2D eigenvalue weighted by molar-refractivity contribution is 5.40. The summed E-state index contributed by atoms with van der Waals surface area (Å²) in [6, 6.07) is 12.1. The lowest BCUT2D eigenvalue weighted by atomic mass is 9.89. The van der Waals surface area contributed by atoms with Crippen LogP contribution in [0, 0.1) is 0 Å². The van der Waals surface area contributed by atoms with Gasteiger partial charge < -0.3 is 24.7 Å². The Morgan fingerprint density at radius 3 is 2.43 bits per heavy atom. The number of benzene rings is 2. The van der Waals surface area contributed by atoms with Gasteiger partial charge in [-0.2, -0.15) is 0 Å². The van der Waals surface area contributed by atoms with Crippen LogP contribution in [0.3, 0.4) is 0 Å². The first kappa shape index (κ1) is 19.2. The van der Waals surface area contributed by atoms with Crippen LogP contribution in [0.4, 0.5) is 0 Å². The van der Waals surface area contributed by atoms with Gasteiger partial charge in [-0.3, -0.25) is 0 Å². The highest BCUT2D eigenvalue weighted by Crippen LogP contribution is 2.34. The molecule has 2 aromatic carbocycles. The number of rotatable bonds is 5. The van der Waals surface area contributed by atoms with Crippen molar-refractivity contribution in [2.24, 2.45) is 5.73 Å². The van der Waals surface area contributed by atoms with Crippen LogP contribution in [0.1, 0.15) is 54.5 Å². The van der Waals surface area contributed by atoms with Crippen molar-refractivity contribution in [3.8, 4) is 11.5 Å². The predicted molar refractivity (Wildman–Crippen MR) is 108 cm³/mol. The van der Waals surface area contributed by atoms with Gasteiger partial charge in [0.2, 0.25) is 0 Å². The highest BCUT2D eigenvalue weighted by Gasteiger charge is 2.28. The maximum Gasteiger partial charge on any atom is 0.119 e. The standard InChI is InChI=1S/C23H29NO4/c1-14-15(2)27-12-16-5-7-19(11-20(14)16)26-9-8-22-23(24)21-10-18(25-3)6-4-17(21)13-28-22/h4-7,10-11,14-15,22-23H,8-9,12-13,24H2,1-3H3. The summed E-state index contributed by atoms with van der Waals surface area (Å²) in [6.07, 6.45) is 0.905. The summed E-state index contributed by atoms with van der Waals surface area (Å²) in [5, 5.41) is 0. The van der Waals surface area contributed by atoms with E-state index in [1.807, 2.05) is 24.3 Å². The lowest BCUT2D eigenvalue weighted by molar-refractivity contribution is -0.00351. The van der Waals surface area contributed by atoms with E-state index < -0.39 is 0 Å². The van der Waals surface area contributed by atoms with Crippen molar-refractivity contribution in [2.75, 3.05) is 13.7 Å². The van der Waals surface area contributed by atoms with E-state index in [9.17, 15) is 0 Å². The van der Waals surface area contributed by atoms with Crippen molar-refractivity contribution in [3.63, 3.8) is 0 Å². The van der Waals surface area contributed by atoms with Crippen molar-refractivity contribution in [3.05, 3.63) is 58.7 Å².